The van der Waals surface area contributed by atoms with Crippen molar-refractivity contribution in [1.82, 2.24) is 9.66 Å². The Bertz CT molecular complexity index is 1020. The summed E-state index contributed by atoms with van der Waals surface area (Å²) < 4.78 is 30.9. The molecule has 0 fully saturated rings. The van der Waals surface area contributed by atoms with Crippen LogP contribution in [0.15, 0.2) is 76.9 Å². The second kappa shape index (κ2) is 9.18. The highest BCUT2D eigenvalue weighted by Crippen LogP contribution is 2.24. The van der Waals surface area contributed by atoms with E-state index in [1.165, 1.54) is 23.5 Å². The summed E-state index contributed by atoms with van der Waals surface area (Å²) in [6.45, 7) is 3.21. The van der Waals surface area contributed by atoms with Gasteiger partial charge in [0.15, 0.2) is 0 Å². The van der Waals surface area contributed by atoms with Crippen LogP contribution in [0.4, 0.5) is 8.78 Å². The van der Waals surface area contributed by atoms with Gasteiger partial charge >= 0.3 is 6.61 Å². The fourth-order valence-corrected chi connectivity index (χ4v) is 3.29. The lowest BCUT2D eigenvalue weighted by molar-refractivity contribution is -0.0498. The maximum atomic E-state index is 12.4. The number of rotatable bonds is 7. The van der Waals surface area contributed by atoms with E-state index in [0.717, 1.165) is 22.5 Å². The molecule has 1 aromatic carbocycles. The fourth-order valence-electron chi connectivity index (χ4n) is 2.45. The van der Waals surface area contributed by atoms with Gasteiger partial charge in [0.05, 0.1) is 18.0 Å². The van der Waals surface area contributed by atoms with Crippen molar-refractivity contribution in [3.63, 3.8) is 0 Å². The molecule has 0 N–H and O–H groups in total. The first-order valence-electron chi connectivity index (χ1n) is 8.41. The summed E-state index contributed by atoms with van der Waals surface area (Å²) >= 11 is 1.44. The predicted octanol–water partition coefficient (Wildman–Crippen LogP) is 4.57. The molecule has 0 radical (unpaired) electrons. The van der Waals surface area contributed by atoms with Crippen molar-refractivity contribution in [2.75, 3.05) is 6.54 Å². The van der Waals surface area contributed by atoms with Crippen LogP contribution in [-0.2, 0) is 0 Å². The van der Waals surface area contributed by atoms with Gasteiger partial charge in [0.2, 0.25) is 4.80 Å². The summed E-state index contributed by atoms with van der Waals surface area (Å²) in [7, 11) is 0. The Morgan fingerprint density at radius 3 is 2.61 bits per heavy atom. The average molecular weight is 400 g/mol. The largest absolute Gasteiger partial charge is 0.435 e. The molecule has 0 saturated carbocycles. The van der Waals surface area contributed by atoms with Crippen LogP contribution in [0.1, 0.15) is 12.5 Å². The summed E-state index contributed by atoms with van der Waals surface area (Å²) in [5, 5.41) is 6.65. The smallest absolute Gasteiger partial charge is 0.387 e. The van der Waals surface area contributed by atoms with Crippen molar-refractivity contribution in [3.05, 3.63) is 77.2 Å². The molecule has 0 bridgehead atoms. The van der Waals surface area contributed by atoms with Crippen molar-refractivity contribution < 1.29 is 13.5 Å². The maximum Gasteiger partial charge on any atom is 0.387 e. The lowest BCUT2D eigenvalue weighted by atomic mass is 10.1. The first-order valence-corrected chi connectivity index (χ1v) is 9.29. The van der Waals surface area contributed by atoms with Crippen LogP contribution >= 0.6 is 11.3 Å². The normalized spacial score (nSPS) is 12.4. The molecule has 0 unspecified atom stereocenters. The standard InChI is InChI=1S/C20H18F2N4OS/c1-3-10-24-20-26(25-14(2)15-8-11-23-12-9-15)18(13-28-20)16-4-6-17(7-5-16)27-19(21)22/h3-9,11-13,19H,1,10H2,2H3/b24-20?,25-14+. The van der Waals surface area contributed by atoms with Crippen LogP contribution in [0.2, 0.25) is 0 Å². The van der Waals surface area contributed by atoms with Crippen molar-refractivity contribution in [2.45, 2.75) is 13.5 Å². The molecule has 0 amide bonds. The summed E-state index contributed by atoms with van der Waals surface area (Å²) in [5.74, 6) is 0.105. The summed E-state index contributed by atoms with van der Waals surface area (Å²) in [6, 6.07) is 10.2. The molecule has 28 heavy (non-hydrogen) atoms. The molecule has 0 aliphatic heterocycles. The molecular weight excluding hydrogens is 382 g/mol. The van der Waals surface area contributed by atoms with Crippen molar-refractivity contribution >= 4 is 17.0 Å². The Kier molecular flexibility index (Phi) is 6.44. The van der Waals surface area contributed by atoms with Crippen LogP contribution in [0.3, 0.4) is 0 Å². The van der Waals surface area contributed by atoms with Gasteiger partial charge in [-0.1, -0.05) is 6.08 Å². The zero-order valence-corrected chi connectivity index (χ0v) is 15.9. The van der Waals surface area contributed by atoms with Crippen molar-refractivity contribution in [3.8, 4) is 17.0 Å². The van der Waals surface area contributed by atoms with Gasteiger partial charge in [-0.25, -0.2) is 4.68 Å². The van der Waals surface area contributed by atoms with Gasteiger partial charge in [0.1, 0.15) is 5.75 Å². The van der Waals surface area contributed by atoms with Gasteiger partial charge in [0.25, 0.3) is 0 Å². The van der Waals surface area contributed by atoms with E-state index < -0.39 is 6.61 Å². The van der Waals surface area contributed by atoms with Crippen LogP contribution in [0, 0.1) is 0 Å². The molecule has 8 heteroatoms. The lowest BCUT2D eigenvalue weighted by Gasteiger charge is -2.08. The molecule has 0 spiro atoms. The summed E-state index contributed by atoms with van der Waals surface area (Å²) in [6.07, 6.45) is 5.12. The molecular formula is C20H18F2N4OS. The molecule has 3 aromatic rings. The molecule has 144 valence electrons. The number of halogens is 2. The number of hydrogen-bond acceptors (Lipinski definition) is 5. The van der Waals surface area contributed by atoms with E-state index >= 15 is 0 Å². The number of alkyl halides is 2. The van der Waals surface area contributed by atoms with E-state index in [1.807, 2.05) is 24.4 Å². The molecule has 2 heterocycles. The Morgan fingerprint density at radius 2 is 1.96 bits per heavy atom. The second-order valence-corrected chi connectivity index (χ2v) is 6.51. The third-order valence-electron chi connectivity index (χ3n) is 3.76. The van der Waals surface area contributed by atoms with Gasteiger partial charge in [-0.2, -0.15) is 13.9 Å². The highest BCUT2D eigenvalue weighted by atomic mass is 32.1. The number of pyridine rings is 1. The highest BCUT2D eigenvalue weighted by molar-refractivity contribution is 7.07. The van der Waals surface area contributed by atoms with Crippen LogP contribution in [0.5, 0.6) is 5.75 Å². The third-order valence-corrected chi connectivity index (χ3v) is 4.62. The quantitative estimate of drug-likeness (QED) is 0.431. The van der Waals surface area contributed by atoms with E-state index in [4.69, 9.17) is 5.10 Å². The van der Waals surface area contributed by atoms with Gasteiger partial charge in [-0.15, -0.1) is 17.9 Å². The number of nitrogens with zero attached hydrogens (tertiary/aromatic N) is 4. The molecule has 3 rings (SSSR count). The number of aromatic nitrogens is 2. The third kappa shape index (κ3) is 4.77. The van der Waals surface area contributed by atoms with Gasteiger partial charge in [-0.05, 0) is 43.3 Å². The fraction of sp³-hybridized carbons (Fsp3) is 0.150. The molecule has 5 nitrogen and oxygen atoms in total. The van der Waals surface area contributed by atoms with E-state index in [2.05, 4.69) is 21.3 Å². The van der Waals surface area contributed by atoms with Crippen LogP contribution in [-0.4, -0.2) is 28.5 Å². The molecule has 0 aliphatic rings. The van der Waals surface area contributed by atoms with Crippen molar-refractivity contribution in [1.29, 1.82) is 0 Å². The number of benzene rings is 1. The lowest BCUT2D eigenvalue weighted by Crippen LogP contribution is -2.14. The van der Waals surface area contributed by atoms with Gasteiger partial charge in [0, 0.05) is 28.9 Å². The Balaban J connectivity index is 2.05. The van der Waals surface area contributed by atoms with E-state index in [0.29, 0.717) is 11.3 Å². The van der Waals surface area contributed by atoms with E-state index in [1.54, 1.807) is 35.3 Å². The maximum absolute atomic E-state index is 12.4. The zero-order valence-electron chi connectivity index (χ0n) is 15.1. The number of ether oxygens (including phenoxy) is 1. The first-order chi connectivity index (χ1) is 13.6. The van der Waals surface area contributed by atoms with Crippen LogP contribution in [0.25, 0.3) is 11.3 Å². The van der Waals surface area contributed by atoms with Crippen molar-refractivity contribution in [2.24, 2.45) is 10.1 Å². The minimum absolute atomic E-state index is 0.105. The molecule has 0 aliphatic carbocycles. The minimum Gasteiger partial charge on any atom is -0.435 e. The Labute approximate surface area is 165 Å². The minimum atomic E-state index is -2.85. The SMILES string of the molecule is C=CCN=c1scc(-c2ccc(OC(F)F)cc2)n1/N=C(\C)c1ccncc1. The van der Waals surface area contributed by atoms with E-state index in [9.17, 15) is 8.78 Å². The van der Waals surface area contributed by atoms with E-state index in [-0.39, 0.29) is 5.75 Å². The average Bonchev–Trinajstić information content (AvgIpc) is 3.09. The number of hydrogen-bond donors (Lipinski definition) is 0. The topological polar surface area (TPSA) is 51.8 Å². The molecule has 2 aromatic heterocycles. The Morgan fingerprint density at radius 1 is 1.25 bits per heavy atom. The van der Waals surface area contributed by atoms with Gasteiger partial charge < -0.3 is 4.74 Å². The summed E-state index contributed by atoms with van der Waals surface area (Å²) in [4.78, 5) is 9.22. The monoisotopic (exact) mass is 400 g/mol. The predicted molar refractivity (Wildman–Crippen MR) is 107 cm³/mol. The van der Waals surface area contributed by atoms with Gasteiger partial charge in [-0.3, -0.25) is 9.98 Å². The molecule has 0 atom stereocenters. The second-order valence-electron chi connectivity index (χ2n) is 5.67. The first kappa shape index (κ1) is 19.6. The van der Waals surface area contributed by atoms with Crippen LogP contribution < -0.4 is 9.54 Å². The zero-order chi connectivity index (χ0) is 19.9. The Hall–Kier alpha value is -3.13. The highest BCUT2D eigenvalue weighted by Gasteiger charge is 2.10. The number of thiazole rings is 1. The summed E-state index contributed by atoms with van der Waals surface area (Å²) in [5.41, 5.74) is 3.34. The molecule has 0 saturated heterocycles.